The van der Waals surface area contributed by atoms with Crippen molar-refractivity contribution >= 4 is 23.3 Å². The second-order valence-electron chi connectivity index (χ2n) is 6.06. The Hall–Kier alpha value is -4.08. The molecule has 0 saturated heterocycles. The number of nitro groups is 1. The van der Waals surface area contributed by atoms with Gasteiger partial charge in [-0.15, -0.1) is 10.2 Å². The third kappa shape index (κ3) is 4.80. The average molecular weight is 396 g/mol. The maximum absolute atomic E-state index is 12.4. The molecule has 1 atom stereocenters. The van der Waals surface area contributed by atoms with Crippen molar-refractivity contribution in [1.82, 2.24) is 10.2 Å². The summed E-state index contributed by atoms with van der Waals surface area (Å²) in [6.07, 6.45) is -0.828. The van der Waals surface area contributed by atoms with E-state index in [0.29, 0.717) is 11.3 Å². The molecule has 1 heterocycles. The molecule has 0 aliphatic rings. The van der Waals surface area contributed by atoms with Crippen LogP contribution >= 0.6 is 0 Å². The first kappa shape index (κ1) is 19.7. The summed E-state index contributed by atoms with van der Waals surface area (Å²) in [5.41, 5.74) is 1.16. The van der Waals surface area contributed by atoms with Crippen molar-refractivity contribution < 1.29 is 23.7 Å². The van der Waals surface area contributed by atoms with E-state index in [4.69, 9.17) is 9.15 Å². The number of nitrogens with one attached hydrogen (secondary N) is 1. The van der Waals surface area contributed by atoms with Crippen LogP contribution in [-0.4, -0.2) is 27.0 Å². The van der Waals surface area contributed by atoms with E-state index < -0.39 is 17.0 Å². The molecule has 0 aliphatic carbocycles. The number of nitrogens with zero attached hydrogens (tertiary/aromatic N) is 3. The highest BCUT2D eigenvalue weighted by Crippen LogP contribution is 2.25. The van der Waals surface area contributed by atoms with Gasteiger partial charge in [-0.1, -0.05) is 6.07 Å². The number of carbonyl (C=O) groups is 2. The van der Waals surface area contributed by atoms with Crippen LogP contribution in [0.15, 0.2) is 52.9 Å². The van der Waals surface area contributed by atoms with Gasteiger partial charge in [-0.05, 0) is 37.3 Å². The summed E-state index contributed by atoms with van der Waals surface area (Å²) in [7, 11) is 0. The molecule has 10 heteroatoms. The molecule has 1 N–H and O–H groups in total. The molecule has 0 bridgehead atoms. The summed E-state index contributed by atoms with van der Waals surface area (Å²) in [4.78, 5) is 33.7. The number of ether oxygens (including phenoxy) is 1. The minimum Gasteiger partial charge on any atom is -0.449 e. The van der Waals surface area contributed by atoms with Crippen molar-refractivity contribution in [3.05, 3.63) is 70.1 Å². The van der Waals surface area contributed by atoms with Gasteiger partial charge in [-0.25, -0.2) is 4.79 Å². The summed E-state index contributed by atoms with van der Waals surface area (Å²) in [5.74, 6) is -0.663. The number of amides is 1. The van der Waals surface area contributed by atoms with Crippen LogP contribution in [0.4, 0.5) is 11.4 Å². The highest BCUT2D eigenvalue weighted by Gasteiger charge is 2.20. The fourth-order valence-corrected chi connectivity index (χ4v) is 2.45. The molecule has 10 nitrogen and oxygen atoms in total. The van der Waals surface area contributed by atoms with Gasteiger partial charge in [0.25, 0.3) is 11.6 Å². The Bertz CT molecular complexity index is 1060. The molecule has 3 aromatic rings. The lowest BCUT2D eigenvalue weighted by Crippen LogP contribution is -2.11. The van der Waals surface area contributed by atoms with Gasteiger partial charge in [-0.3, -0.25) is 14.9 Å². The number of aromatic nitrogens is 2. The van der Waals surface area contributed by atoms with Crippen molar-refractivity contribution in [2.45, 2.75) is 20.0 Å². The Morgan fingerprint density at radius 1 is 1.17 bits per heavy atom. The predicted molar refractivity (Wildman–Crippen MR) is 101 cm³/mol. The molecule has 29 heavy (non-hydrogen) atoms. The zero-order chi connectivity index (χ0) is 21.0. The van der Waals surface area contributed by atoms with Gasteiger partial charge in [0.2, 0.25) is 11.8 Å². The Kier molecular flexibility index (Phi) is 5.63. The average Bonchev–Trinajstić information content (AvgIpc) is 3.18. The molecule has 148 valence electrons. The van der Waals surface area contributed by atoms with E-state index in [0.717, 1.165) is 0 Å². The summed E-state index contributed by atoms with van der Waals surface area (Å²) < 4.78 is 10.9. The van der Waals surface area contributed by atoms with Crippen molar-refractivity contribution in [1.29, 1.82) is 0 Å². The van der Waals surface area contributed by atoms with E-state index in [2.05, 4.69) is 15.5 Å². The molecule has 2 aromatic carbocycles. The van der Waals surface area contributed by atoms with Crippen LogP contribution in [0.25, 0.3) is 11.5 Å². The molecule has 0 aliphatic heterocycles. The van der Waals surface area contributed by atoms with Gasteiger partial charge < -0.3 is 14.5 Å². The monoisotopic (exact) mass is 396 g/mol. The lowest BCUT2D eigenvalue weighted by atomic mass is 10.2. The van der Waals surface area contributed by atoms with Gasteiger partial charge in [0.15, 0.2) is 6.10 Å². The maximum atomic E-state index is 12.4. The predicted octanol–water partition coefficient (Wildman–Crippen LogP) is 3.52. The maximum Gasteiger partial charge on any atom is 0.338 e. The number of non-ortho nitro benzene ring substituents is 1. The van der Waals surface area contributed by atoms with Crippen molar-refractivity contribution in [3.63, 3.8) is 0 Å². The van der Waals surface area contributed by atoms with Gasteiger partial charge in [0.05, 0.1) is 10.5 Å². The van der Waals surface area contributed by atoms with E-state index in [-0.39, 0.29) is 28.9 Å². The number of anilines is 1. The number of benzene rings is 2. The molecule has 0 spiro atoms. The molecular formula is C19H16N4O6. The van der Waals surface area contributed by atoms with Crippen molar-refractivity contribution in [2.75, 3.05) is 5.32 Å². The number of hydrogen-bond donors (Lipinski definition) is 1. The fraction of sp³-hybridized carbons (Fsp3) is 0.158. The van der Waals surface area contributed by atoms with Gasteiger partial charge >= 0.3 is 5.97 Å². The van der Waals surface area contributed by atoms with Crippen molar-refractivity contribution in [3.8, 4) is 11.5 Å². The zero-order valence-corrected chi connectivity index (χ0v) is 15.5. The number of carbonyl (C=O) groups excluding carboxylic acids is 2. The third-order valence-corrected chi connectivity index (χ3v) is 3.82. The third-order valence-electron chi connectivity index (χ3n) is 3.82. The number of esters is 1. The molecule has 1 aromatic heterocycles. The first-order valence-electron chi connectivity index (χ1n) is 8.50. The van der Waals surface area contributed by atoms with Gasteiger partial charge in [0.1, 0.15) is 0 Å². The Labute approximate surface area is 164 Å². The molecule has 1 amide bonds. The summed E-state index contributed by atoms with van der Waals surface area (Å²) in [5, 5.41) is 21.1. The van der Waals surface area contributed by atoms with Gasteiger partial charge in [-0.2, -0.15) is 0 Å². The van der Waals surface area contributed by atoms with Crippen LogP contribution in [0.1, 0.15) is 36.2 Å². The standard InChI is InChI=1S/C19H16N4O6/c1-11(28-19(25)14-4-3-5-15(10-14)20-12(2)24)17-21-22-18(29-17)13-6-8-16(9-7-13)23(26)27/h3-11H,1-2H3,(H,20,24)/t11-/m0/s1. The van der Waals surface area contributed by atoms with Crippen LogP contribution in [0.5, 0.6) is 0 Å². The Morgan fingerprint density at radius 2 is 1.90 bits per heavy atom. The van der Waals surface area contributed by atoms with Crippen LogP contribution < -0.4 is 5.32 Å². The topological polar surface area (TPSA) is 137 Å². The molecular weight excluding hydrogens is 380 g/mol. The minimum absolute atomic E-state index is 0.0581. The van der Waals surface area contributed by atoms with Crippen LogP contribution in [0.3, 0.4) is 0 Å². The van der Waals surface area contributed by atoms with E-state index in [1.165, 1.54) is 37.3 Å². The Balaban J connectivity index is 1.70. The highest BCUT2D eigenvalue weighted by molar-refractivity contribution is 5.93. The summed E-state index contributed by atoms with van der Waals surface area (Å²) in [6.45, 7) is 2.94. The molecule has 0 radical (unpaired) electrons. The summed E-state index contributed by atoms with van der Waals surface area (Å²) >= 11 is 0. The van der Waals surface area contributed by atoms with Crippen LogP contribution in [0.2, 0.25) is 0 Å². The van der Waals surface area contributed by atoms with E-state index in [1.54, 1.807) is 25.1 Å². The Morgan fingerprint density at radius 3 is 2.55 bits per heavy atom. The molecule has 0 fully saturated rings. The minimum atomic E-state index is -0.828. The fourth-order valence-electron chi connectivity index (χ4n) is 2.45. The van der Waals surface area contributed by atoms with Gasteiger partial charge in [0, 0.05) is 30.3 Å². The normalized spacial score (nSPS) is 11.5. The molecule has 3 rings (SSSR count). The lowest BCUT2D eigenvalue weighted by molar-refractivity contribution is -0.384. The highest BCUT2D eigenvalue weighted by atomic mass is 16.6. The first-order chi connectivity index (χ1) is 13.8. The number of hydrogen-bond acceptors (Lipinski definition) is 8. The number of rotatable bonds is 6. The smallest absolute Gasteiger partial charge is 0.338 e. The largest absolute Gasteiger partial charge is 0.449 e. The molecule has 0 unspecified atom stereocenters. The van der Waals surface area contributed by atoms with E-state index in [9.17, 15) is 19.7 Å². The van der Waals surface area contributed by atoms with E-state index in [1.807, 2.05) is 0 Å². The first-order valence-corrected chi connectivity index (χ1v) is 8.50. The lowest BCUT2D eigenvalue weighted by Gasteiger charge is -2.10. The quantitative estimate of drug-likeness (QED) is 0.379. The second kappa shape index (κ2) is 8.30. The van der Waals surface area contributed by atoms with E-state index >= 15 is 0 Å². The van der Waals surface area contributed by atoms with Crippen LogP contribution in [-0.2, 0) is 9.53 Å². The number of nitro benzene ring substituents is 1. The second-order valence-corrected chi connectivity index (χ2v) is 6.06. The molecule has 0 saturated carbocycles. The van der Waals surface area contributed by atoms with Crippen LogP contribution in [0, 0.1) is 10.1 Å². The SMILES string of the molecule is CC(=O)Nc1cccc(C(=O)O[C@@H](C)c2nnc(-c3ccc([N+](=O)[O-])cc3)o2)c1. The van der Waals surface area contributed by atoms with Crippen molar-refractivity contribution in [2.24, 2.45) is 0 Å². The zero-order valence-electron chi connectivity index (χ0n) is 15.5. The summed E-state index contributed by atoms with van der Waals surface area (Å²) in [6, 6.07) is 11.9.